The number of hydrogen-bond donors (Lipinski definition) is 1. The van der Waals surface area contributed by atoms with Crippen LogP contribution in [0.15, 0.2) is 6.07 Å². The first-order chi connectivity index (χ1) is 6.70. The van der Waals surface area contributed by atoms with Crippen LogP contribution in [0.2, 0.25) is 0 Å². The number of hydrogen-bond acceptors (Lipinski definition) is 2. The van der Waals surface area contributed by atoms with Gasteiger partial charge in [0.05, 0.1) is 5.69 Å². The predicted molar refractivity (Wildman–Crippen MR) is 58.6 cm³/mol. The molecule has 3 nitrogen and oxygen atoms in total. The lowest BCUT2D eigenvalue weighted by molar-refractivity contribution is 0.646. The van der Waals surface area contributed by atoms with Crippen molar-refractivity contribution in [2.24, 2.45) is 0 Å². The van der Waals surface area contributed by atoms with Gasteiger partial charge in [0.15, 0.2) is 0 Å². The van der Waals surface area contributed by atoms with E-state index in [1.54, 1.807) is 0 Å². The standard InChI is InChI=1S/C11H19N3/c1-4-14-11(12-8(2)3)7-10(13-14)9-5-6-9/h7-9,12H,4-6H2,1-3H3. The lowest BCUT2D eigenvalue weighted by Crippen LogP contribution is -2.13. The van der Waals surface area contributed by atoms with Crippen molar-refractivity contribution in [1.82, 2.24) is 9.78 Å². The molecule has 0 radical (unpaired) electrons. The summed E-state index contributed by atoms with van der Waals surface area (Å²) in [5, 5.41) is 8.03. The van der Waals surface area contributed by atoms with E-state index in [1.807, 2.05) is 0 Å². The number of nitrogens with one attached hydrogen (secondary N) is 1. The molecule has 0 aromatic carbocycles. The molecule has 1 aliphatic carbocycles. The highest BCUT2D eigenvalue weighted by atomic mass is 15.3. The van der Waals surface area contributed by atoms with Crippen molar-refractivity contribution in [3.63, 3.8) is 0 Å². The van der Waals surface area contributed by atoms with E-state index < -0.39 is 0 Å². The minimum absolute atomic E-state index is 0.476. The third-order valence-electron chi connectivity index (χ3n) is 2.53. The molecule has 0 aliphatic heterocycles. The molecule has 14 heavy (non-hydrogen) atoms. The minimum Gasteiger partial charge on any atom is -0.368 e. The van der Waals surface area contributed by atoms with E-state index >= 15 is 0 Å². The van der Waals surface area contributed by atoms with Crippen molar-refractivity contribution in [3.05, 3.63) is 11.8 Å². The summed E-state index contributed by atoms with van der Waals surface area (Å²) >= 11 is 0. The lowest BCUT2D eigenvalue weighted by Gasteiger charge is -2.10. The Morgan fingerprint density at radius 2 is 2.29 bits per heavy atom. The molecule has 0 spiro atoms. The molecule has 78 valence electrons. The molecular weight excluding hydrogens is 174 g/mol. The van der Waals surface area contributed by atoms with Gasteiger partial charge < -0.3 is 5.32 Å². The van der Waals surface area contributed by atoms with Crippen LogP contribution in [0.3, 0.4) is 0 Å². The Kier molecular flexibility index (Phi) is 2.48. The van der Waals surface area contributed by atoms with Crippen molar-refractivity contribution in [1.29, 1.82) is 0 Å². The van der Waals surface area contributed by atoms with Crippen LogP contribution in [0.25, 0.3) is 0 Å². The fourth-order valence-electron chi connectivity index (χ4n) is 1.67. The van der Waals surface area contributed by atoms with Gasteiger partial charge in [-0.2, -0.15) is 5.10 Å². The van der Waals surface area contributed by atoms with E-state index in [0.717, 1.165) is 12.5 Å². The van der Waals surface area contributed by atoms with Crippen molar-refractivity contribution >= 4 is 5.82 Å². The largest absolute Gasteiger partial charge is 0.368 e. The van der Waals surface area contributed by atoms with Crippen molar-refractivity contribution < 1.29 is 0 Å². The summed E-state index contributed by atoms with van der Waals surface area (Å²) in [7, 11) is 0. The molecule has 2 rings (SSSR count). The lowest BCUT2D eigenvalue weighted by atomic mass is 10.3. The zero-order valence-electron chi connectivity index (χ0n) is 9.25. The molecule has 0 amide bonds. The molecule has 0 atom stereocenters. The van der Waals surface area contributed by atoms with Gasteiger partial charge in [-0.15, -0.1) is 0 Å². The number of nitrogens with zero attached hydrogens (tertiary/aromatic N) is 2. The normalized spacial score (nSPS) is 16.3. The highest BCUT2D eigenvalue weighted by molar-refractivity contribution is 5.39. The van der Waals surface area contributed by atoms with Crippen LogP contribution >= 0.6 is 0 Å². The van der Waals surface area contributed by atoms with Gasteiger partial charge >= 0.3 is 0 Å². The molecule has 0 bridgehead atoms. The Balaban J connectivity index is 2.18. The molecule has 0 unspecified atom stereocenters. The average Bonchev–Trinajstić information content (AvgIpc) is 2.89. The maximum absolute atomic E-state index is 4.60. The summed E-state index contributed by atoms with van der Waals surface area (Å²) in [5.41, 5.74) is 1.27. The number of aryl methyl sites for hydroxylation is 1. The summed E-state index contributed by atoms with van der Waals surface area (Å²) in [6, 6.07) is 2.69. The Bertz CT molecular complexity index is 310. The van der Waals surface area contributed by atoms with Gasteiger partial charge in [0.1, 0.15) is 5.82 Å². The summed E-state index contributed by atoms with van der Waals surface area (Å²) in [5.74, 6) is 1.92. The van der Waals surface area contributed by atoms with Crippen LogP contribution in [0, 0.1) is 0 Å². The van der Waals surface area contributed by atoms with E-state index in [1.165, 1.54) is 24.4 Å². The molecule has 0 saturated heterocycles. The average molecular weight is 193 g/mol. The van der Waals surface area contributed by atoms with E-state index in [0.29, 0.717) is 6.04 Å². The Labute approximate surface area is 85.5 Å². The van der Waals surface area contributed by atoms with Crippen LogP contribution < -0.4 is 5.32 Å². The first-order valence-corrected chi connectivity index (χ1v) is 5.55. The van der Waals surface area contributed by atoms with Crippen LogP contribution in [-0.2, 0) is 6.54 Å². The zero-order valence-corrected chi connectivity index (χ0v) is 9.25. The maximum Gasteiger partial charge on any atom is 0.124 e. The van der Waals surface area contributed by atoms with E-state index in [2.05, 4.69) is 41.9 Å². The topological polar surface area (TPSA) is 29.9 Å². The summed E-state index contributed by atoms with van der Waals surface area (Å²) in [6.45, 7) is 7.39. The summed E-state index contributed by atoms with van der Waals surface area (Å²) in [4.78, 5) is 0. The fraction of sp³-hybridized carbons (Fsp3) is 0.727. The van der Waals surface area contributed by atoms with E-state index in [9.17, 15) is 0 Å². The number of anilines is 1. The molecule has 1 aromatic heterocycles. The monoisotopic (exact) mass is 193 g/mol. The Hall–Kier alpha value is -0.990. The third-order valence-corrected chi connectivity index (χ3v) is 2.53. The smallest absolute Gasteiger partial charge is 0.124 e. The highest BCUT2D eigenvalue weighted by Crippen LogP contribution is 2.40. The van der Waals surface area contributed by atoms with Gasteiger partial charge in [0, 0.05) is 24.6 Å². The number of rotatable bonds is 4. The van der Waals surface area contributed by atoms with Gasteiger partial charge in [0.2, 0.25) is 0 Å². The highest BCUT2D eigenvalue weighted by Gasteiger charge is 2.27. The second-order valence-corrected chi connectivity index (χ2v) is 4.34. The van der Waals surface area contributed by atoms with Crippen LogP contribution in [0.4, 0.5) is 5.82 Å². The van der Waals surface area contributed by atoms with Gasteiger partial charge in [-0.25, -0.2) is 4.68 Å². The first kappa shape index (κ1) is 9.56. The first-order valence-electron chi connectivity index (χ1n) is 5.55. The van der Waals surface area contributed by atoms with Gasteiger partial charge in [0.25, 0.3) is 0 Å². The Morgan fingerprint density at radius 1 is 1.57 bits per heavy atom. The predicted octanol–water partition coefficient (Wildman–Crippen LogP) is 2.60. The Morgan fingerprint density at radius 3 is 2.79 bits per heavy atom. The molecular formula is C11H19N3. The quantitative estimate of drug-likeness (QED) is 0.796. The molecule has 1 heterocycles. The molecule has 1 fully saturated rings. The third kappa shape index (κ3) is 1.91. The SMILES string of the molecule is CCn1nc(C2CC2)cc1NC(C)C. The minimum atomic E-state index is 0.476. The van der Waals surface area contributed by atoms with Crippen LogP contribution in [-0.4, -0.2) is 15.8 Å². The molecule has 1 N–H and O–H groups in total. The molecule has 1 aliphatic rings. The molecule has 1 saturated carbocycles. The zero-order chi connectivity index (χ0) is 10.1. The maximum atomic E-state index is 4.60. The van der Waals surface area contributed by atoms with Crippen molar-refractivity contribution in [3.8, 4) is 0 Å². The second kappa shape index (κ2) is 3.64. The van der Waals surface area contributed by atoms with E-state index in [-0.39, 0.29) is 0 Å². The van der Waals surface area contributed by atoms with Gasteiger partial charge in [-0.3, -0.25) is 0 Å². The van der Waals surface area contributed by atoms with Gasteiger partial charge in [-0.1, -0.05) is 0 Å². The molecule has 1 aromatic rings. The van der Waals surface area contributed by atoms with Crippen LogP contribution in [0.1, 0.15) is 45.2 Å². The fourth-order valence-corrected chi connectivity index (χ4v) is 1.67. The second-order valence-electron chi connectivity index (χ2n) is 4.34. The molecule has 3 heteroatoms. The van der Waals surface area contributed by atoms with Crippen LogP contribution in [0.5, 0.6) is 0 Å². The van der Waals surface area contributed by atoms with E-state index in [4.69, 9.17) is 0 Å². The van der Waals surface area contributed by atoms with Crippen molar-refractivity contribution in [2.45, 2.75) is 52.1 Å². The number of aromatic nitrogens is 2. The summed E-state index contributed by atoms with van der Waals surface area (Å²) < 4.78 is 2.06. The van der Waals surface area contributed by atoms with Crippen molar-refractivity contribution in [2.75, 3.05) is 5.32 Å². The van der Waals surface area contributed by atoms with Gasteiger partial charge in [-0.05, 0) is 33.6 Å². The summed E-state index contributed by atoms with van der Waals surface area (Å²) in [6.07, 6.45) is 2.64.